The summed E-state index contributed by atoms with van der Waals surface area (Å²) in [6, 6.07) is 14.8. The monoisotopic (exact) mass is 547 g/mol. The van der Waals surface area contributed by atoms with E-state index >= 15 is 0 Å². The molecule has 3 aromatic heterocycles. The predicted octanol–water partition coefficient (Wildman–Crippen LogP) is 5.18. The van der Waals surface area contributed by atoms with E-state index in [2.05, 4.69) is 27.5 Å². The highest BCUT2D eigenvalue weighted by atomic mass is 32.1. The van der Waals surface area contributed by atoms with Gasteiger partial charge in [0.05, 0.1) is 17.7 Å². The number of rotatable bonds is 8. The van der Waals surface area contributed by atoms with E-state index in [0.29, 0.717) is 22.0 Å². The summed E-state index contributed by atoms with van der Waals surface area (Å²) in [5.74, 6) is -1.43. The number of fused-ring (bicyclic) bond motifs is 1. The van der Waals surface area contributed by atoms with Crippen LogP contribution in [0.2, 0.25) is 0 Å². The Bertz CT molecular complexity index is 1730. The van der Waals surface area contributed by atoms with E-state index in [1.54, 1.807) is 25.3 Å². The zero-order chi connectivity index (χ0) is 27.7. The van der Waals surface area contributed by atoms with Crippen LogP contribution in [0.15, 0.2) is 64.8 Å². The minimum atomic E-state index is -0.639. The van der Waals surface area contributed by atoms with Crippen molar-refractivity contribution in [2.45, 2.75) is 46.1 Å². The summed E-state index contributed by atoms with van der Waals surface area (Å²) in [6.45, 7) is 5.36. The third-order valence-electron chi connectivity index (χ3n) is 6.56. The highest BCUT2D eigenvalue weighted by molar-refractivity contribution is 7.15. The number of carbonyl (C=O) groups excluding carboxylic acids is 1. The van der Waals surface area contributed by atoms with Gasteiger partial charge in [-0.2, -0.15) is 5.10 Å². The van der Waals surface area contributed by atoms with Gasteiger partial charge in [-0.1, -0.05) is 30.3 Å². The average Bonchev–Trinajstić information content (AvgIpc) is 3.47. The maximum absolute atomic E-state index is 14.4. The Balaban J connectivity index is 1.40. The molecule has 0 saturated carbocycles. The summed E-state index contributed by atoms with van der Waals surface area (Å²) in [5, 5.41) is 9.20. The average molecular weight is 548 g/mol. The second kappa shape index (κ2) is 10.9. The van der Waals surface area contributed by atoms with Crippen molar-refractivity contribution in [2.24, 2.45) is 0 Å². The van der Waals surface area contributed by atoms with Crippen LogP contribution in [-0.2, 0) is 17.6 Å². The van der Waals surface area contributed by atoms with Gasteiger partial charge in [0, 0.05) is 28.9 Å². The fourth-order valence-corrected chi connectivity index (χ4v) is 5.53. The van der Waals surface area contributed by atoms with Gasteiger partial charge in [-0.05, 0) is 57.4 Å². The highest BCUT2D eigenvalue weighted by Crippen LogP contribution is 2.25. The molecule has 0 unspecified atom stereocenters. The third kappa shape index (κ3) is 5.51. The molecule has 0 bridgehead atoms. The molecular weight excluding hydrogens is 520 g/mol. The lowest BCUT2D eigenvalue weighted by Crippen LogP contribution is -2.34. The first kappa shape index (κ1) is 26.4. The molecule has 10 heteroatoms. The largest absolute Gasteiger partial charge is 0.353 e. The molecule has 0 saturated heterocycles. The van der Waals surface area contributed by atoms with Crippen molar-refractivity contribution < 1.29 is 13.6 Å². The predicted molar refractivity (Wildman–Crippen MR) is 147 cm³/mol. The maximum atomic E-state index is 14.4. The molecule has 0 radical (unpaired) electrons. The quantitative estimate of drug-likeness (QED) is 0.290. The molecule has 0 fully saturated rings. The minimum Gasteiger partial charge on any atom is -0.353 e. The van der Waals surface area contributed by atoms with E-state index in [4.69, 9.17) is 0 Å². The number of aromatic nitrogens is 4. The normalized spacial score (nSPS) is 12.1. The van der Waals surface area contributed by atoms with Crippen molar-refractivity contribution in [1.29, 1.82) is 0 Å². The van der Waals surface area contributed by atoms with Crippen molar-refractivity contribution in [3.8, 4) is 16.9 Å². The first-order valence-electron chi connectivity index (χ1n) is 12.6. The lowest BCUT2D eigenvalue weighted by Gasteiger charge is -2.14. The van der Waals surface area contributed by atoms with Crippen molar-refractivity contribution in [1.82, 2.24) is 24.5 Å². The van der Waals surface area contributed by atoms with E-state index in [9.17, 15) is 18.4 Å². The molecule has 0 aliphatic heterocycles. The number of benzene rings is 2. The van der Waals surface area contributed by atoms with Crippen LogP contribution < -0.4 is 10.9 Å². The van der Waals surface area contributed by atoms with E-state index in [1.807, 2.05) is 25.1 Å². The molecular formula is C29H27F2N5O2S. The van der Waals surface area contributed by atoms with Crippen LogP contribution >= 0.6 is 11.3 Å². The number of nitrogens with zero attached hydrogens (tertiary/aromatic N) is 4. The smallest absolute Gasteiger partial charge is 0.268 e. The zero-order valence-corrected chi connectivity index (χ0v) is 22.6. The Kier molecular flexibility index (Phi) is 7.38. The molecule has 39 heavy (non-hydrogen) atoms. The molecule has 2 aromatic carbocycles. The topological polar surface area (TPSA) is 81.3 Å². The number of thiazole rings is 1. The van der Waals surface area contributed by atoms with Gasteiger partial charge in [-0.25, -0.2) is 18.4 Å². The first-order valence-corrected chi connectivity index (χ1v) is 13.4. The van der Waals surface area contributed by atoms with Crippen LogP contribution in [0, 0.1) is 25.5 Å². The Morgan fingerprint density at radius 2 is 1.87 bits per heavy atom. The summed E-state index contributed by atoms with van der Waals surface area (Å²) in [7, 11) is 0. The van der Waals surface area contributed by atoms with Gasteiger partial charge in [0.15, 0.2) is 4.96 Å². The number of hydrogen-bond acceptors (Lipinski definition) is 5. The van der Waals surface area contributed by atoms with E-state index < -0.39 is 11.6 Å². The zero-order valence-electron chi connectivity index (χ0n) is 21.7. The molecule has 1 atom stereocenters. The standard InChI is InChI=1S/C29H27F2N5O2S/c1-17(9-10-20-7-5-4-6-8-20)32-26(37)15-22-16-39-29-33-19(3)27(28(38)35(22)29)24-13-18(2)36(34-24)25-14-21(30)11-12-23(25)31/h4-8,11-14,16-17H,9-10,15H2,1-3H3,(H,32,37)/t17-/m1/s1. The van der Waals surface area contributed by atoms with E-state index in [-0.39, 0.29) is 40.9 Å². The fourth-order valence-electron chi connectivity index (χ4n) is 4.60. The number of aryl methyl sites for hydroxylation is 3. The van der Waals surface area contributed by atoms with E-state index in [0.717, 1.165) is 31.0 Å². The molecule has 0 aliphatic rings. The Morgan fingerprint density at radius 1 is 1.10 bits per heavy atom. The number of nitrogens with one attached hydrogen (secondary N) is 1. The minimum absolute atomic E-state index is 0.0156. The van der Waals surface area contributed by atoms with Crippen LogP contribution in [0.4, 0.5) is 8.78 Å². The molecule has 0 spiro atoms. The van der Waals surface area contributed by atoms with Crippen LogP contribution in [0.25, 0.3) is 21.9 Å². The lowest BCUT2D eigenvalue weighted by atomic mass is 10.1. The van der Waals surface area contributed by atoms with Gasteiger partial charge < -0.3 is 5.32 Å². The number of carbonyl (C=O) groups is 1. The van der Waals surface area contributed by atoms with Crippen LogP contribution in [0.3, 0.4) is 0 Å². The number of halogens is 2. The van der Waals surface area contributed by atoms with Gasteiger partial charge >= 0.3 is 0 Å². The molecule has 0 aliphatic carbocycles. The van der Waals surface area contributed by atoms with E-state index in [1.165, 1.54) is 26.0 Å². The van der Waals surface area contributed by atoms with Crippen molar-refractivity contribution in [3.05, 3.63) is 105 Å². The molecule has 1 amide bonds. The summed E-state index contributed by atoms with van der Waals surface area (Å²) in [6.07, 6.45) is 1.65. The Morgan fingerprint density at radius 3 is 2.64 bits per heavy atom. The highest BCUT2D eigenvalue weighted by Gasteiger charge is 2.21. The molecule has 1 N–H and O–H groups in total. The number of hydrogen-bond donors (Lipinski definition) is 1. The van der Waals surface area contributed by atoms with Gasteiger partial charge in [0.2, 0.25) is 5.91 Å². The third-order valence-corrected chi connectivity index (χ3v) is 7.43. The molecule has 7 nitrogen and oxygen atoms in total. The fraction of sp³-hybridized carbons (Fsp3) is 0.241. The Hall–Kier alpha value is -4.18. The van der Waals surface area contributed by atoms with Crippen LogP contribution in [0.1, 0.15) is 36.0 Å². The lowest BCUT2D eigenvalue weighted by molar-refractivity contribution is -0.121. The number of amides is 1. The summed E-state index contributed by atoms with van der Waals surface area (Å²) >= 11 is 1.28. The molecule has 200 valence electrons. The van der Waals surface area contributed by atoms with Gasteiger partial charge in [-0.15, -0.1) is 11.3 Å². The van der Waals surface area contributed by atoms with Crippen molar-refractivity contribution >= 4 is 22.2 Å². The molecule has 5 aromatic rings. The summed E-state index contributed by atoms with van der Waals surface area (Å²) < 4.78 is 30.9. The molecule has 3 heterocycles. The summed E-state index contributed by atoms with van der Waals surface area (Å²) in [4.78, 5) is 31.6. The van der Waals surface area contributed by atoms with Crippen LogP contribution in [-0.4, -0.2) is 31.1 Å². The van der Waals surface area contributed by atoms with Gasteiger partial charge in [0.25, 0.3) is 5.56 Å². The van der Waals surface area contributed by atoms with Crippen molar-refractivity contribution in [3.63, 3.8) is 0 Å². The second-order valence-corrected chi connectivity index (χ2v) is 10.4. The second-order valence-electron chi connectivity index (χ2n) is 9.57. The Labute approximate surface area is 227 Å². The SMILES string of the molecule is Cc1nc2scc(CC(=O)N[C@H](C)CCc3ccccc3)n2c(=O)c1-c1cc(C)n(-c2cc(F)ccc2F)n1. The first-order chi connectivity index (χ1) is 18.7. The van der Waals surface area contributed by atoms with Crippen LogP contribution in [0.5, 0.6) is 0 Å². The molecule has 5 rings (SSSR count). The van der Waals surface area contributed by atoms with Crippen molar-refractivity contribution in [2.75, 3.05) is 0 Å². The van der Waals surface area contributed by atoms with Gasteiger partial charge in [0.1, 0.15) is 23.0 Å². The summed E-state index contributed by atoms with van der Waals surface area (Å²) in [5.41, 5.74) is 2.81. The maximum Gasteiger partial charge on any atom is 0.268 e. The van der Waals surface area contributed by atoms with Gasteiger partial charge in [-0.3, -0.25) is 14.0 Å².